The molecule has 0 aliphatic heterocycles. The molecule has 2 rings (SSSR count). The predicted octanol–water partition coefficient (Wildman–Crippen LogP) is 4.48. The van der Waals surface area contributed by atoms with E-state index in [1.54, 1.807) is 33.3 Å². The average molecular weight is 441 g/mol. The van der Waals surface area contributed by atoms with Crippen molar-refractivity contribution in [3.05, 3.63) is 45.5 Å². The molecule has 0 aliphatic carbocycles. The Morgan fingerprint density at radius 1 is 1.09 bits per heavy atom. The van der Waals surface area contributed by atoms with Gasteiger partial charge in [-0.25, -0.2) is 4.98 Å². The lowest BCUT2D eigenvalue weighted by Gasteiger charge is -2.15. The van der Waals surface area contributed by atoms with Crippen molar-refractivity contribution >= 4 is 28.7 Å². The number of anilines is 2. The van der Waals surface area contributed by atoms with Crippen LogP contribution in [0.1, 0.15) is 24.0 Å². The number of nitrogens with zero attached hydrogens (tertiary/aromatic N) is 5. The van der Waals surface area contributed by atoms with Crippen molar-refractivity contribution < 1.29 is 14.4 Å². The number of azo groups is 1. The molecule has 2 aromatic rings. The highest BCUT2D eigenvalue weighted by Gasteiger charge is 2.18. The summed E-state index contributed by atoms with van der Waals surface area (Å²) in [5.41, 5.74) is 1.20. The van der Waals surface area contributed by atoms with Crippen LogP contribution in [0, 0.1) is 28.4 Å². The maximum atomic E-state index is 11.3. The highest BCUT2D eigenvalue weighted by atomic mass is 16.6. The fourth-order valence-corrected chi connectivity index (χ4v) is 2.86. The van der Waals surface area contributed by atoms with Crippen molar-refractivity contribution in [1.82, 2.24) is 4.98 Å². The fourth-order valence-electron chi connectivity index (χ4n) is 2.86. The number of nitro groups is 1. The lowest BCUT2D eigenvalue weighted by molar-refractivity contribution is -0.384. The number of hydrogen-bond donors (Lipinski definition) is 2. The van der Waals surface area contributed by atoms with Gasteiger partial charge < -0.3 is 20.1 Å². The molecular weight excluding hydrogens is 414 g/mol. The monoisotopic (exact) mass is 441 g/mol. The van der Waals surface area contributed by atoms with E-state index in [9.17, 15) is 15.4 Å². The quantitative estimate of drug-likeness (QED) is 0.200. The zero-order valence-electron chi connectivity index (χ0n) is 18.4. The van der Waals surface area contributed by atoms with E-state index in [2.05, 4.69) is 31.9 Å². The van der Waals surface area contributed by atoms with Gasteiger partial charge in [-0.2, -0.15) is 5.26 Å². The molecule has 0 fully saturated rings. The van der Waals surface area contributed by atoms with Crippen LogP contribution in [0.25, 0.3) is 0 Å². The van der Waals surface area contributed by atoms with Crippen LogP contribution < -0.4 is 10.6 Å². The van der Waals surface area contributed by atoms with Gasteiger partial charge in [-0.3, -0.25) is 10.1 Å². The molecule has 11 nitrogen and oxygen atoms in total. The Labute approximate surface area is 186 Å². The third-order valence-corrected chi connectivity index (χ3v) is 4.50. The fraction of sp³-hybridized carbons (Fsp3) is 0.429. The molecule has 0 spiro atoms. The summed E-state index contributed by atoms with van der Waals surface area (Å²) in [6.07, 6.45) is 1.48. The number of methoxy groups -OCH3 is 2. The molecule has 1 heterocycles. The zero-order chi connectivity index (χ0) is 23.3. The summed E-state index contributed by atoms with van der Waals surface area (Å²) in [7, 11) is 3.25. The predicted molar refractivity (Wildman–Crippen MR) is 121 cm³/mol. The molecule has 0 radical (unpaired) electrons. The summed E-state index contributed by atoms with van der Waals surface area (Å²) in [5, 5.41) is 35.7. The lowest BCUT2D eigenvalue weighted by Crippen LogP contribution is -2.12. The van der Waals surface area contributed by atoms with Crippen molar-refractivity contribution in [2.24, 2.45) is 10.2 Å². The average Bonchev–Trinajstić information content (AvgIpc) is 2.79. The number of pyridine rings is 1. The Balaban J connectivity index is 2.44. The standard InChI is InChI=1S/C21H27N7O4/c1-15-16(14-22)20(23-10-6-12-31-2)25-21(24-11-7-13-32-3)19(15)27-26-17-8-4-5-9-18(17)28(29)30/h4-5,8-9H,6-7,10-13H2,1-3H3,(H2,23,24,25). The number of rotatable bonds is 13. The third-order valence-electron chi connectivity index (χ3n) is 4.50. The molecule has 0 aliphatic rings. The van der Waals surface area contributed by atoms with Gasteiger partial charge in [0.05, 0.1) is 10.5 Å². The first-order valence-corrected chi connectivity index (χ1v) is 10.1. The first kappa shape index (κ1) is 24.6. The second kappa shape index (κ2) is 12.9. The van der Waals surface area contributed by atoms with E-state index in [0.29, 0.717) is 54.8 Å². The van der Waals surface area contributed by atoms with Crippen LogP contribution in [0.15, 0.2) is 34.5 Å². The van der Waals surface area contributed by atoms with Gasteiger partial charge in [0.15, 0.2) is 11.5 Å². The lowest BCUT2D eigenvalue weighted by atomic mass is 10.1. The van der Waals surface area contributed by atoms with Gasteiger partial charge in [0.2, 0.25) is 0 Å². The summed E-state index contributed by atoms with van der Waals surface area (Å²) in [4.78, 5) is 15.3. The van der Waals surface area contributed by atoms with E-state index in [1.165, 1.54) is 12.1 Å². The minimum Gasteiger partial charge on any atom is -0.385 e. The van der Waals surface area contributed by atoms with E-state index < -0.39 is 4.92 Å². The number of ether oxygens (including phenoxy) is 2. The number of aromatic nitrogens is 1. The Morgan fingerprint density at radius 3 is 2.31 bits per heavy atom. The second-order valence-corrected chi connectivity index (χ2v) is 6.76. The maximum absolute atomic E-state index is 11.3. The van der Waals surface area contributed by atoms with Crippen molar-refractivity contribution in [1.29, 1.82) is 5.26 Å². The summed E-state index contributed by atoms with van der Waals surface area (Å²) in [6.45, 7) is 4.03. The molecule has 0 amide bonds. The second-order valence-electron chi connectivity index (χ2n) is 6.76. The molecule has 0 saturated carbocycles. The van der Waals surface area contributed by atoms with Crippen LogP contribution in [0.3, 0.4) is 0 Å². The Bertz CT molecular complexity index is 989. The van der Waals surface area contributed by atoms with Crippen LogP contribution in [0.5, 0.6) is 0 Å². The smallest absolute Gasteiger partial charge is 0.296 e. The van der Waals surface area contributed by atoms with Crippen molar-refractivity contribution in [3.63, 3.8) is 0 Å². The molecule has 0 unspecified atom stereocenters. The normalized spacial score (nSPS) is 10.8. The van der Waals surface area contributed by atoms with E-state index in [-0.39, 0.29) is 11.4 Å². The number of nitrogens with one attached hydrogen (secondary N) is 2. The van der Waals surface area contributed by atoms with Crippen LogP contribution in [-0.4, -0.2) is 50.4 Å². The minimum absolute atomic E-state index is 0.113. The van der Waals surface area contributed by atoms with Gasteiger partial charge in [-0.05, 0) is 25.8 Å². The van der Waals surface area contributed by atoms with Crippen LogP contribution in [0.2, 0.25) is 0 Å². The van der Waals surface area contributed by atoms with Gasteiger partial charge in [0.1, 0.15) is 17.6 Å². The van der Waals surface area contributed by atoms with Gasteiger partial charge >= 0.3 is 0 Å². The number of nitriles is 1. The molecule has 11 heteroatoms. The Kier molecular flexibility index (Phi) is 9.96. The maximum Gasteiger partial charge on any atom is 0.296 e. The van der Waals surface area contributed by atoms with Crippen LogP contribution in [0.4, 0.5) is 28.7 Å². The largest absolute Gasteiger partial charge is 0.385 e. The molecule has 170 valence electrons. The highest BCUT2D eigenvalue weighted by Crippen LogP contribution is 2.36. The highest BCUT2D eigenvalue weighted by molar-refractivity contribution is 5.74. The third kappa shape index (κ3) is 6.69. The summed E-state index contributed by atoms with van der Waals surface area (Å²) in [5.74, 6) is 0.856. The van der Waals surface area contributed by atoms with Crippen molar-refractivity contribution in [3.8, 4) is 6.07 Å². The Morgan fingerprint density at radius 2 is 1.72 bits per heavy atom. The summed E-state index contributed by atoms with van der Waals surface area (Å²) < 4.78 is 10.1. The SMILES string of the molecule is COCCCNc1nc(NCCCOC)c(N=Nc2ccccc2[N+](=O)[O-])c(C)c1C#N. The Hall–Kier alpha value is -3.62. The molecule has 1 aromatic heterocycles. The number of nitro benzene ring substituents is 1. The molecule has 1 aromatic carbocycles. The minimum atomic E-state index is -0.517. The molecule has 2 N–H and O–H groups in total. The van der Waals surface area contributed by atoms with Crippen molar-refractivity contribution in [2.45, 2.75) is 19.8 Å². The molecular formula is C21H27N7O4. The van der Waals surface area contributed by atoms with E-state index in [0.717, 1.165) is 12.8 Å². The molecule has 32 heavy (non-hydrogen) atoms. The summed E-state index contributed by atoms with van der Waals surface area (Å²) >= 11 is 0. The first-order valence-electron chi connectivity index (χ1n) is 10.1. The van der Waals surface area contributed by atoms with Crippen LogP contribution in [-0.2, 0) is 9.47 Å². The molecule has 0 bridgehead atoms. The van der Waals surface area contributed by atoms with Gasteiger partial charge in [0, 0.05) is 52.2 Å². The topological polar surface area (TPSA) is 147 Å². The van der Waals surface area contributed by atoms with Gasteiger partial charge in [-0.15, -0.1) is 10.2 Å². The van der Waals surface area contributed by atoms with Gasteiger partial charge in [-0.1, -0.05) is 12.1 Å². The first-order chi connectivity index (χ1) is 15.5. The molecule has 0 saturated heterocycles. The summed E-state index contributed by atoms with van der Waals surface area (Å²) in [6, 6.07) is 8.23. The van der Waals surface area contributed by atoms with E-state index >= 15 is 0 Å². The molecule has 0 atom stereocenters. The van der Waals surface area contributed by atoms with Crippen LogP contribution >= 0.6 is 0 Å². The van der Waals surface area contributed by atoms with E-state index in [4.69, 9.17) is 9.47 Å². The zero-order valence-corrected chi connectivity index (χ0v) is 18.4. The number of hydrogen-bond acceptors (Lipinski definition) is 10. The van der Waals surface area contributed by atoms with Gasteiger partial charge in [0.25, 0.3) is 5.69 Å². The number of benzene rings is 1. The van der Waals surface area contributed by atoms with E-state index in [1.807, 2.05) is 0 Å². The number of para-hydroxylation sites is 1. The van der Waals surface area contributed by atoms with Crippen molar-refractivity contribution in [2.75, 3.05) is 51.2 Å².